The summed E-state index contributed by atoms with van der Waals surface area (Å²) >= 11 is 0. The van der Waals surface area contributed by atoms with Gasteiger partial charge >= 0.3 is 5.97 Å². The van der Waals surface area contributed by atoms with E-state index in [0.29, 0.717) is 18.7 Å². The summed E-state index contributed by atoms with van der Waals surface area (Å²) in [6.45, 7) is 4.57. The Bertz CT molecular complexity index is 622. The first-order valence-electron chi connectivity index (χ1n) is 6.98. The van der Waals surface area contributed by atoms with Crippen molar-refractivity contribution in [2.75, 3.05) is 6.61 Å². The van der Waals surface area contributed by atoms with Crippen LogP contribution < -0.4 is 4.74 Å². The Morgan fingerprint density at radius 3 is 2.86 bits per heavy atom. The van der Waals surface area contributed by atoms with Gasteiger partial charge in [-0.05, 0) is 25.5 Å². The molecular formula is C15H19N3O3. The Hall–Kier alpha value is -2.37. The van der Waals surface area contributed by atoms with Crippen LogP contribution in [-0.2, 0) is 11.2 Å². The molecule has 0 bridgehead atoms. The van der Waals surface area contributed by atoms with Crippen LogP contribution >= 0.6 is 0 Å². The van der Waals surface area contributed by atoms with Crippen LogP contribution in [0.3, 0.4) is 0 Å². The highest BCUT2D eigenvalue weighted by Crippen LogP contribution is 2.24. The molecular weight excluding hydrogens is 270 g/mol. The van der Waals surface area contributed by atoms with Crippen molar-refractivity contribution in [1.29, 1.82) is 0 Å². The van der Waals surface area contributed by atoms with Gasteiger partial charge in [-0.1, -0.05) is 24.3 Å². The Kier molecular flexibility index (Phi) is 4.92. The molecule has 1 aromatic carbocycles. The monoisotopic (exact) mass is 289 g/mol. The van der Waals surface area contributed by atoms with Gasteiger partial charge in [0, 0.05) is 6.42 Å². The number of carbonyl (C=O) groups is 1. The first-order valence-corrected chi connectivity index (χ1v) is 6.98. The molecule has 0 aliphatic rings. The van der Waals surface area contributed by atoms with Gasteiger partial charge in [-0.25, -0.2) is 4.68 Å². The number of aliphatic carboxylic acids is 1. The highest BCUT2D eigenvalue weighted by Gasteiger charge is 2.14. The summed E-state index contributed by atoms with van der Waals surface area (Å²) in [7, 11) is 0. The van der Waals surface area contributed by atoms with Crippen LogP contribution in [0, 0.1) is 6.92 Å². The van der Waals surface area contributed by atoms with E-state index in [9.17, 15) is 4.79 Å². The normalized spacial score (nSPS) is 10.6. The van der Waals surface area contributed by atoms with E-state index >= 15 is 0 Å². The number of para-hydroxylation sites is 2. The number of aryl methyl sites for hydroxylation is 1. The Balaban J connectivity index is 2.28. The Labute approximate surface area is 123 Å². The topological polar surface area (TPSA) is 77.2 Å². The number of ether oxygens (including phenoxy) is 1. The van der Waals surface area contributed by atoms with Gasteiger partial charge in [-0.2, -0.15) is 0 Å². The minimum atomic E-state index is -0.837. The average molecular weight is 289 g/mol. The van der Waals surface area contributed by atoms with Gasteiger partial charge < -0.3 is 9.84 Å². The quantitative estimate of drug-likeness (QED) is 0.846. The number of aromatic nitrogens is 3. The fraction of sp³-hybridized carbons (Fsp3) is 0.400. The van der Waals surface area contributed by atoms with Crippen LogP contribution in [0.2, 0.25) is 0 Å². The van der Waals surface area contributed by atoms with Crippen molar-refractivity contribution in [1.82, 2.24) is 15.0 Å². The van der Waals surface area contributed by atoms with Crippen molar-refractivity contribution in [3.05, 3.63) is 35.7 Å². The highest BCUT2D eigenvalue weighted by atomic mass is 16.5. The second-order valence-electron chi connectivity index (χ2n) is 4.74. The third-order valence-corrected chi connectivity index (χ3v) is 3.12. The molecule has 1 heterocycles. The first-order chi connectivity index (χ1) is 10.1. The van der Waals surface area contributed by atoms with Gasteiger partial charge in [0.1, 0.15) is 11.4 Å². The van der Waals surface area contributed by atoms with Crippen molar-refractivity contribution >= 4 is 5.97 Å². The Morgan fingerprint density at radius 2 is 2.14 bits per heavy atom. The minimum Gasteiger partial charge on any atom is -0.491 e. The maximum Gasteiger partial charge on any atom is 0.303 e. The van der Waals surface area contributed by atoms with Crippen molar-refractivity contribution in [2.24, 2.45) is 0 Å². The van der Waals surface area contributed by atoms with Gasteiger partial charge in [0.2, 0.25) is 0 Å². The molecule has 0 spiro atoms. The third kappa shape index (κ3) is 3.59. The number of carboxylic acids is 1. The minimum absolute atomic E-state index is 0.0491. The van der Waals surface area contributed by atoms with Crippen molar-refractivity contribution in [2.45, 2.75) is 33.1 Å². The highest BCUT2D eigenvalue weighted by molar-refractivity contribution is 5.67. The fourth-order valence-corrected chi connectivity index (χ4v) is 2.01. The zero-order valence-corrected chi connectivity index (χ0v) is 12.2. The average Bonchev–Trinajstić information content (AvgIpc) is 2.84. The van der Waals surface area contributed by atoms with E-state index in [1.54, 1.807) is 4.68 Å². The molecule has 21 heavy (non-hydrogen) atoms. The molecule has 0 saturated carbocycles. The van der Waals surface area contributed by atoms with Gasteiger partial charge in [0.05, 0.1) is 24.4 Å². The molecule has 1 N–H and O–H groups in total. The zero-order valence-electron chi connectivity index (χ0n) is 12.2. The molecule has 0 unspecified atom stereocenters. The predicted octanol–water partition coefficient (Wildman–Crippen LogP) is 2.38. The molecule has 0 fully saturated rings. The molecule has 2 aromatic rings. The zero-order chi connectivity index (χ0) is 15.2. The van der Waals surface area contributed by atoms with E-state index in [-0.39, 0.29) is 6.42 Å². The third-order valence-electron chi connectivity index (χ3n) is 3.12. The number of rotatable bonds is 7. The number of carboxylic acid groups (broad SMARTS) is 1. The second kappa shape index (κ2) is 6.88. The number of hydrogen-bond acceptors (Lipinski definition) is 4. The van der Waals surface area contributed by atoms with E-state index in [1.807, 2.05) is 38.1 Å². The molecule has 2 rings (SSSR count). The largest absolute Gasteiger partial charge is 0.491 e. The smallest absolute Gasteiger partial charge is 0.303 e. The van der Waals surface area contributed by atoms with E-state index in [2.05, 4.69) is 10.3 Å². The van der Waals surface area contributed by atoms with Crippen LogP contribution in [0.25, 0.3) is 5.69 Å². The van der Waals surface area contributed by atoms with Crippen LogP contribution in [0.5, 0.6) is 5.75 Å². The SMILES string of the molecule is CCCOc1ccccc1-n1nnc(CCC(=O)O)c1C. The van der Waals surface area contributed by atoms with Gasteiger partial charge in [0.15, 0.2) is 0 Å². The summed E-state index contributed by atoms with van der Waals surface area (Å²) in [5, 5.41) is 17.0. The lowest BCUT2D eigenvalue weighted by Crippen LogP contribution is -2.05. The van der Waals surface area contributed by atoms with Crippen LogP contribution in [0.4, 0.5) is 0 Å². The lowest BCUT2D eigenvalue weighted by atomic mass is 10.2. The second-order valence-corrected chi connectivity index (χ2v) is 4.74. The van der Waals surface area contributed by atoms with E-state index in [1.165, 1.54) is 0 Å². The van der Waals surface area contributed by atoms with E-state index in [0.717, 1.165) is 23.6 Å². The lowest BCUT2D eigenvalue weighted by molar-refractivity contribution is -0.136. The summed E-state index contributed by atoms with van der Waals surface area (Å²) in [6, 6.07) is 7.62. The molecule has 0 atom stereocenters. The van der Waals surface area contributed by atoms with Gasteiger partial charge in [0.25, 0.3) is 0 Å². The summed E-state index contributed by atoms with van der Waals surface area (Å²) in [4.78, 5) is 10.7. The van der Waals surface area contributed by atoms with Crippen molar-refractivity contribution in [3.8, 4) is 11.4 Å². The van der Waals surface area contributed by atoms with Gasteiger partial charge in [-0.15, -0.1) is 5.10 Å². The van der Waals surface area contributed by atoms with E-state index < -0.39 is 5.97 Å². The molecule has 1 aromatic heterocycles. The molecule has 0 radical (unpaired) electrons. The van der Waals surface area contributed by atoms with E-state index in [4.69, 9.17) is 9.84 Å². The maximum atomic E-state index is 10.7. The summed E-state index contributed by atoms with van der Waals surface area (Å²) in [6.07, 6.45) is 1.35. The molecule has 6 heteroatoms. The fourth-order valence-electron chi connectivity index (χ4n) is 2.01. The van der Waals surface area contributed by atoms with Crippen LogP contribution in [0.1, 0.15) is 31.2 Å². The predicted molar refractivity (Wildman–Crippen MR) is 77.8 cm³/mol. The Morgan fingerprint density at radius 1 is 1.38 bits per heavy atom. The number of nitrogens with zero attached hydrogens (tertiary/aromatic N) is 3. The van der Waals surface area contributed by atoms with Gasteiger partial charge in [-0.3, -0.25) is 4.79 Å². The van der Waals surface area contributed by atoms with Crippen molar-refractivity contribution < 1.29 is 14.6 Å². The lowest BCUT2D eigenvalue weighted by Gasteiger charge is -2.11. The van der Waals surface area contributed by atoms with Crippen molar-refractivity contribution in [3.63, 3.8) is 0 Å². The molecule has 112 valence electrons. The van der Waals surface area contributed by atoms with Crippen LogP contribution in [-0.4, -0.2) is 32.7 Å². The number of benzene rings is 1. The van der Waals surface area contributed by atoms with Crippen LogP contribution in [0.15, 0.2) is 24.3 Å². The number of hydrogen-bond donors (Lipinski definition) is 1. The molecule has 0 aliphatic heterocycles. The molecule has 0 aliphatic carbocycles. The summed E-state index contributed by atoms with van der Waals surface area (Å²) < 4.78 is 7.42. The molecule has 0 amide bonds. The summed E-state index contributed by atoms with van der Waals surface area (Å²) in [5.41, 5.74) is 2.35. The summed E-state index contributed by atoms with van der Waals surface area (Å²) in [5.74, 6) is -0.0900. The first kappa shape index (κ1) is 15.0. The maximum absolute atomic E-state index is 10.7. The standard InChI is InChI=1S/C15H19N3O3/c1-3-10-21-14-7-5-4-6-13(14)18-11(2)12(16-17-18)8-9-15(19)20/h4-7H,3,8-10H2,1-2H3,(H,19,20). The molecule has 6 nitrogen and oxygen atoms in total. The molecule has 0 saturated heterocycles.